The lowest BCUT2D eigenvalue weighted by Crippen LogP contribution is -2.60. The highest BCUT2D eigenvalue weighted by Crippen LogP contribution is 2.26. The van der Waals surface area contributed by atoms with Gasteiger partial charge in [-0.25, -0.2) is 0 Å². The van der Waals surface area contributed by atoms with E-state index >= 15 is 0 Å². The van der Waals surface area contributed by atoms with Crippen LogP contribution in [0.15, 0.2) is 15.9 Å². The molecule has 1 saturated heterocycles. The monoisotopic (exact) mass is 358 g/mol. The van der Waals surface area contributed by atoms with Gasteiger partial charge in [-0.15, -0.1) is 11.3 Å². The number of halogens is 1. The molecule has 0 amide bonds. The topological polar surface area (TPSA) is 15.3 Å². The third-order valence-electron chi connectivity index (χ3n) is 4.32. The van der Waals surface area contributed by atoms with E-state index in [1.165, 1.54) is 34.6 Å². The zero-order chi connectivity index (χ0) is 14.8. The van der Waals surface area contributed by atoms with Crippen LogP contribution < -0.4 is 5.32 Å². The van der Waals surface area contributed by atoms with Gasteiger partial charge in [-0.2, -0.15) is 0 Å². The number of thiophene rings is 1. The Morgan fingerprint density at radius 1 is 1.40 bits per heavy atom. The van der Waals surface area contributed by atoms with E-state index in [-0.39, 0.29) is 0 Å². The number of rotatable bonds is 4. The molecule has 2 heterocycles. The molecule has 0 radical (unpaired) electrons. The van der Waals surface area contributed by atoms with E-state index in [1.54, 1.807) is 0 Å². The first-order chi connectivity index (χ1) is 9.40. The second-order valence-corrected chi connectivity index (χ2v) is 9.39. The lowest BCUT2D eigenvalue weighted by molar-refractivity contribution is 0.0848. The Hall–Kier alpha value is 0.1000. The van der Waals surface area contributed by atoms with E-state index in [4.69, 9.17) is 0 Å². The van der Waals surface area contributed by atoms with Crippen molar-refractivity contribution < 1.29 is 0 Å². The van der Waals surface area contributed by atoms with Gasteiger partial charge in [-0.1, -0.05) is 27.7 Å². The number of hydrogen-bond acceptors (Lipinski definition) is 3. The molecule has 2 unspecified atom stereocenters. The maximum Gasteiger partial charge on any atom is 0.0701 e. The fourth-order valence-corrected chi connectivity index (χ4v) is 4.32. The summed E-state index contributed by atoms with van der Waals surface area (Å²) in [6, 6.07) is 5.70. The molecule has 0 aliphatic carbocycles. The molecule has 2 nitrogen and oxygen atoms in total. The van der Waals surface area contributed by atoms with Crippen molar-refractivity contribution in [2.75, 3.05) is 19.6 Å². The van der Waals surface area contributed by atoms with Crippen molar-refractivity contribution in [2.24, 2.45) is 5.41 Å². The molecular weight excluding hydrogens is 332 g/mol. The molecule has 1 N–H and O–H groups in total. The van der Waals surface area contributed by atoms with E-state index in [2.05, 4.69) is 66.0 Å². The number of nitrogens with one attached hydrogen (secondary N) is 1. The van der Waals surface area contributed by atoms with E-state index < -0.39 is 0 Å². The van der Waals surface area contributed by atoms with Crippen LogP contribution in [0, 0.1) is 5.41 Å². The first kappa shape index (κ1) is 16.5. The molecule has 0 bridgehead atoms. The van der Waals surface area contributed by atoms with Gasteiger partial charge in [0.15, 0.2) is 0 Å². The van der Waals surface area contributed by atoms with Gasteiger partial charge < -0.3 is 5.32 Å². The molecule has 2 atom stereocenters. The van der Waals surface area contributed by atoms with Crippen LogP contribution >= 0.6 is 27.3 Å². The van der Waals surface area contributed by atoms with Crippen LogP contribution in [-0.2, 0) is 6.42 Å². The Bertz CT molecular complexity index is 424. The Morgan fingerprint density at radius 2 is 2.15 bits per heavy atom. The Kier molecular flexibility index (Phi) is 5.69. The van der Waals surface area contributed by atoms with E-state index in [1.807, 2.05) is 11.3 Å². The third-order valence-corrected chi connectivity index (χ3v) is 6.01. The van der Waals surface area contributed by atoms with Crippen LogP contribution in [0.1, 0.15) is 39.0 Å². The molecule has 1 aromatic heterocycles. The summed E-state index contributed by atoms with van der Waals surface area (Å²) in [4.78, 5) is 4.18. The fourth-order valence-electron chi connectivity index (χ4n) is 2.85. The van der Waals surface area contributed by atoms with Crippen molar-refractivity contribution >= 4 is 27.3 Å². The van der Waals surface area contributed by atoms with E-state index in [9.17, 15) is 0 Å². The van der Waals surface area contributed by atoms with Crippen LogP contribution in [0.5, 0.6) is 0 Å². The quantitative estimate of drug-likeness (QED) is 0.869. The zero-order valence-electron chi connectivity index (χ0n) is 13.1. The first-order valence-electron chi connectivity index (χ1n) is 7.61. The predicted molar refractivity (Wildman–Crippen MR) is 92.6 cm³/mol. The molecule has 20 heavy (non-hydrogen) atoms. The number of nitrogens with zero attached hydrogens (tertiary/aromatic N) is 1. The van der Waals surface area contributed by atoms with Gasteiger partial charge in [-0.3, -0.25) is 4.90 Å². The largest absolute Gasteiger partial charge is 0.311 e. The van der Waals surface area contributed by atoms with Crippen molar-refractivity contribution in [1.29, 1.82) is 0 Å². The van der Waals surface area contributed by atoms with Gasteiger partial charge in [0.2, 0.25) is 0 Å². The summed E-state index contributed by atoms with van der Waals surface area (Å²) in [5.74, 6) is 0. The summed E-state index contributed by atoms with van der Waals surface area (Å²) < 4.78 is 1.24. The number of hydrogen-bond donors (Lipinski definition) is 1. The summed E-state index contributed by atoms with van der Waals surface area (Å²) in [5, 5.41) is 3.75. The summed E-state index contributed by atoms with van der Waals surface area (Å²) in [7, 11) is 0. The standard InChI is InChI=1S/C16H27BrN2S/c1-5-12-10-18-14(16(2,3)4)11-19(12)9-8-13-6-7-15(17)20-13/h6-7,12,14,18H,5,8-11H2,1-4H3. The van der Waals surface area contributed by atoms with Gasteiger partial charge in [0, 0.05) is 36.6 Å². The first-order valence-corrected chi connectivity index (χ1v) is 9.22. The molecule has 1 fully saturated rings. The molecule has 4 heteroatoms. The highest BCUT2D eigenvalue weighted by atomic mass is 79.9. The molecule has 1 aromatic rings. The molecule has 2 rings (SSSR count). The summed E-state index contributed by atoms with van der Waals surface area (Å²) in [6.45, 7) is 12.8. The normalized spacial score (nSPS) is 25.1. The van der Waals surface area contributed by atoms with Crippen LogP contribution in [0.4, 0.5) is 0 Å². The SMILES string of the molecule is CCC1CNC(C(C)(C)C)CN1CCc1ccc(Br)s1. The molecule has 114 valence electrons. The van der Waals surface area contributed by atoms with Gasteiger partial charge in [-0.05, 0) is 46.3 Å². The van der Waals surface area contributed by atoms with E-state index in [0.717, 1.165) is 6.54 Å². The lowest BCUT2D eigenvalue weighted by atomic mass is 9.84. The van der Waals surface area contributed by atoms with Crippen molar-refractivity contribution in [2.45, 2.75) is 52.6 Å². The molecule has 0 spiro atoms. The Balaban J connectivity index is 1.95. The van der Waals surface area contributed by atoms with Crippen molar-refractivity contribution in [3.05, 3.63) is 20.8 Å². The summed E-state index contributed by atoms with van der Waals surface area (Å²) in [6.07, 6.45) is 2.40. The lowest BCUT2D eigenvalue weighted by Gasteiger charge is -2.45. The third kappa shape index (κ3) is 4.30. The molecule has 0 saturated carbocycles. The minimum Gasteiger partial charge on any atom is -0.311 e. The van der Waals surface area contributed by atoms with Crippen LogP contribution in [-0.4, -0.2) is 36.6 Å². The average Bonchev–Trinajstić information content (AvgIpc) is 2.80. The van der Waals surface area contributed by atoms with Crippen LogP contribution in [0.3, 0.4) is 0 Å². The second-order valence-electron chi connectivity index (χ2n) is 6.84. The van der Waals surface area contributed by atoms with E-state index in [0.29, 0.717) is 17.5 Å². The highest BCUT2D eigenvalue weighted by molar-refractivity contribution is 9.11. The molecular formula is C16H27BrN2S. The minimum atomic E-state index is 0.336. The minimum absolute atomic E-state index is 0.336. The zero-order valence-corrected chi connectivity index (χ0v) is 15.5. The average molecular weight is 359 g/mol. The molecule has 0 aromatic carbocycles. The van der Waals surface area contributed by atoms with Gasteiger partial charge in [0.1, 0.15) is 0 Å². The second kappa shape index (κ2) is 6.91. The van der Waals surface area contributed by atoms with Crippen LogP contribution in [0.2, 0.25) is 0 Å². The van der Waals surface area contributed by atoms with Crippen LogP contribution in [0.25, 0.3) is 0 Å². The maximum atomic E-state index is 3.75. The van der Waals surface area contributed by atoms with Crippen molar-refractivity contribution in [3.8, 4) is 0 Å². The Morgan fingerprint density at radius 3 is 2.70 bits per heavy atom. The Labute approximate surface area is 136 Å². The van der Waals surface area contributed by atoms with Crippen molar-refractivity contribution in [3.63, 3.8) is 0 Å². The summed E-state index contributed by atoms with van der Waals surface area (Å²) >= 11 is 5.42. The van der Waals surface area contributed by atoms with Gasteiger partial charge >= 0.3 is 0 Å². The number of piperazine rings is 1. The molecule has 1 aliphatic rings. The van der Waals surface area contributed by atoms with Gasteiger partial charge in [0.25, 0.3) is 0 Å². The fraction of sp³-hybridized carbons (Fsp3) is 0.750. The predicted octanol–water partition coefficient (Wildman–Crippen LogP) is 4.15. The van der Waals surface area contributed by atoms with Gasteiger partial charge in [0.05, 0.1) is 3.79 Å². The van der Waals surface area contributed by atoms with Crippen molar-refractivity contribution in [1.82, 2.24) is 10.2 Å². The summed E-state index contributed by atoms with van der Waals surface area (Å²) in [5.41, 5.74) is 0.336. The molecule has 1 aliphatic heterocycles. The highest BCUT2D eigenvalue weighted by Gasteiger charge is 2.33. The smallest absolute Gasteiger partial charge is 0.0701 e. The maximum absolute atomic E-state index is 3.75.